The van der Waals surface area contributed by atoms with E-state index in [2.05, 4.69) is 5.32 Å². The summed E-state index contributed by atoms with van der Waals surface area (Å²) < 4.78 is 5.39. The molecule has 0 saturated carbocycles. The van der Waals surface area contributed by atoms with Crippen molar-refractivity contribution in [1.29, 1.82) is 0 Å². The second kappa shape index (κ2) is 5.32. The van der Waals surface area contributed by atoms with Gasteiger partial charge in [-0.1, -0.05) is 30.3 Å². The number of nitrogens with one attached hydrogen (secondary N) is 1. The molecule has 92 valence electrons. The van der Waals surface area contributed by atoms with Gasteiger partial charge >= 0.3 is 5.97 Å². The predicted molar refractivity (Wildman–Crippen MR) is 66.4 cm³/mol. The van der Waals surface area contributed by atoms with Gasteiger partial charge in [-0.15, -0.1) is 0 Å². The molecule has 1 saturated heterocycles. The van der Waals surface area contributed by atoms with E-state index in [1.807, 2.05) is 37.3 Å². The van der Waals surface area contributed by atoms with Crippen LogP contribution >= 0.6 is 0 Å². The molecule has 3 nitrogen and oxygen atoms in total. The number of benzene rings is 1. The molecule has 1 atom stereocenters. The van der Waals surface area contributed by atoms with Crippen LogP contribution < -0.4 is 5.32 Å². The van der Waals surface area contributed by atoms with Gasteiger partial charge in [0, 0.05) is 6.54 Å². The lowest BCUT2D eigenvalue weighted by molar-refractivity contribution is -0.157. The number of carbonyl (C=O) groups excluding carboxylic acids is 1. The lowest BCUT2D eigenvalue weighted by Crippen LogP contribution is -2.44. The predicted octanol–water partition coefficient (Wildman–Crippen LogP) is 2.12. The third-order valence-corrected chi connectivity index (χ3v) is 3.30. The highest BCUT2D eigenvalue weighted by molar-refractivity contribution is 5.76. The first-order chi connectivity index (χ1) is 8.21. The number of piperidine rings is 1. The van der Waals surface area contributed by atoms with Crippen molar-refractivity contribution in [2.45, 2.75) is 26.4 Å². The average Bonchev–Trinajstić information content (AvgIpc) is 2.38. The van der Waals surface area contributed by atoms with Gasteiger partial charge in [0.05, 0.1) is 5.41 Å². The van der Waals surface area contributed by atoms with Crippen LogP contribution in [0.2, 0.25) is 0 Å². The smallest absolute Gasteiger partial charge is 0.313 e. The molecule has 1 heterocycles. The van der Waals surface area contributed by atoms with Crippen molar-refractivity contribution in [3.8, 4) is 0 Å². The molecule has 1 aromatic rings. The third kappa shape index (κ3) is 3.07. The highest BCUT2D eigenvalue weighted by atomic mass is 16.5. The lowest BCUT2D eigenvalue weighted by atomic mass is 9.83. The number of hydrogen-bond donors (Lipinski definition) is 1. The Bertz CT molecular complexity index is 369. The summed E-state index contributed by atoms with van der Waals surface area (Å²) in [7, 11) is 0. The van der Waals surface area contributed by atoms with Crippen LogP contribution in [-0.4, -0.2) is 19.1 Å². The maximum absolute atomic E-state index is 12.0. The lowest BCUT2D eigenvalue weighted by Gasteiger charge is -2.31. The minimum Gasteiger partial charge on any atom is -0.460 e. The zero-order valence-electron chi connectivity index (χ0n) is 10.2. The van der Waals surface area contributed by atoms with Crippen LogP contribution in [0, 0.1) is 5.41 Å². The molecule has 1 aromatic carbocycles. The minimum atomic E-state index is -0.354. The molecule has 0 unspecified atom stereocenters. The van der Waals surface area contributed by atoms with Gasteiger partial charge in [0.25, 0.3) is 0 Å². The van der Waals surface area contributed by atoms with Crippen molar-refractivity contribution < 1.29 is 9.53 Å². The van der Waals surface area contributed by atoms with Crippen LogP contribution in [-0.2, 0) is 16.1 Å². The maximum Gasteiger partial charge on any atom is 0.313 e. The summed E-state index contributed by atoms with van der Waals surface area (Å²) in [6.45, 7) is 4.07. The molecule has 1 aliphatic rings. The fraction of sp³-hybridized carbons (Fsp3) is 0.500. The van der Waals surface area contributed by atoms with Gasteiger partial charge in [-0.2, -0.15) is 0 Å². The largest absolute Gasteiger partial charge is 0.460 e. The molecule has 2 rings (SSSR count). The highest BCUT2D eigenvalue weighted by Gasteiger charge is 2.36. The normalized spacial score (nSPS) is 24.3. The molecule has 0 aliphatic carbocycles. The fourth-order valence-corrected chi connectivity index (χ4v) is 2.13. The van der Waals surface area contributed by atoms with Crippen molar-refractivity contribution in [3.63, 3.8) is 0 Å². The van der Waals surface area contributed by atoms with Crippen LogP contribution in [0.4, 0.5) is 0 Å². The van der Waals surface area contributed by atoms with Crippen molar-refractivity contribution in [3.05, 3.63) is 35.9 Å². The zero-order chi connectivity index (χ0) is 12.1. The monoisotopic (exact) mass is 233 g/mol. The highest BCUT2D eigenvalue weighted by Crippen LogP contribution is 2.27. The number of hydrogen-bond acceptors (Lipinski definition) is 3. The topological polar surface area (TPSA) is 38.3 Å². The van der Waals surface area contributed by atoms with Gasteiger partial charge in [0.1, 0.15) is 6.61 Å². The van der Waals surface area contributed by atoms with Gasteiger partial charge < -0.3 is 10.1 Å². The number of esters is 1. The standard InChI is InChI=1S/C14H19NO2/c1-14(8-5-9-15-11-14)13(16)17-10-12-6-3-2-4-7-12/h2-4,6-7,15H,5,8-11H2,1H3/t14-/m0/s1. The SMILES string of the molecule is C[C@]1(C(=O)OCc2ccccc2)CCCNC1. The quantitative estimate of drug-likeness (QED) is 0.813. The van der Waals surface area contributed by atoms with Crippen LogP contribution in [0.15, 0.2) is 30.3 Å². The van der Waals surface area contributed by atoms with Crippen molar-refractivity contribution >= 4 is 5.97 Å². The molecule has 0 radical (unpaired) electrons. The van der Waals surface area contributed by atoms with Gasteiger partial charge in [-0.3, -0.25) is 4.79 Å². The maximum atomic E-state index is 12.0. The molecule has 1 N–H and O–H groups in total. The molecule has 0 amide bonds. The summed E-state index contributed by atoms with van der Waals surface area (Å²) in [6.07, 6.45) is 1.95. The number of ether oxygens (including phenoxy) is 1. The Morgan fingerprint density at radius 1 is 1.41 bits per heavy atom. The Hall–Kier alpha value is -1.35. The first-order valence-electron chi connectivity index (χ1n) is 6.13. The zero-order valence-corrected chi connectivity index (χ0v) is 10.2. The number of rotatable bonds is 3. The first-order valence-corrected chi connectivity index (χ1v) is 6.13. The van der Waals surface area contributed by atoms with E-state index in [4.69, 9.17) is 4.74 Å². The Morgan fingerprint density at radius 2 is 2.18 bits per heavy atom. The van der Waals surface area contributed by atoms with Crippen molar-refractivity contribution in [2.75, 3.05) is 13.1 Å². The number of carbonyl (C=O) groups is 1. The molecule has 0 aromatic heterocycles. The minimum absolute atomic E-state index is 0.0893. The second-order valence-electron chi connectivity index (χ2n) is 4.90. The summed E-state index contributed by atoms with van der Waals surface area (Å²) in [5, 5.41) is 3.25. The fourth-order valence-electron chi connectivity index (χ4n) is 2.13. The van der Waals surface area contributed by atoms with Crippen LogP contribution in [0.5, 0.6) is 0 Å². The molecule has 3 heteroatoms. The van der Waals surface area contributed by atoms with E-state index < -0.39 is 0 Å². The Labute approximate surface area is 102 Å². The molecule has 1 fully saturated rings. The van der Waals surface area contributed by atoms with E-state index in [9.17, 15) is 4.79 Å². The van der Waals surface area contributed by atoms with E-state index in [0.717, 1.165) is 31.5 Å². The van der Waals surface area contributed by atoms with Gasteiger partial charge in [-0.25, -0.2) is 0 Å². The van der Waals surface area contributed by atoms with E-state index in [-0.39, 0.29) is 11.4 Å². The summed E-state index contributed by atoms with van der Waals surface area (Å²) in [6, 6.07) is 9.79. The molecule has 17 heavy (non-hydrogen) atoms. The molecular weight excluding hydrogens is 214 g/mol. The summed E-state index contributed by atoms with van der Waals surface area (Å²) >= 11 is 0. The van der Waals surface area contributed by atoms with E-state index >= 15 is 0 Å². The van der Waals surface area contributed by atoms with E-state index in [1.54, 1.807) is 0 Å². The van der Waals surface area contributed by atoms with E-state index in [1.165, 1.54) is 0 Å². The summed E-state index contributed by atoms with van der Waals surface area (Å²) in [4.78, 5) is 12.0. The Balaban J connectivity index is 1.88. The van der Waals surface area contributed by atoms with E-state index in [0.29, 0.717) is 6.61 Å². The first kappa shape index (κ1) is 12.1. The van der Waals surface area contributed by atoms with Gasteiger partial charge in [0.2, 0.25) is 0 Å². The molecule has 1 aliphatic heterocycles. The Kier molecular flexibility index (Phi) is 3.79. The van der Waals surface area contributed by atoms with Gasteiger partial charge in [-0.05, 0) is 31.9 Å². The van der Waals surface area contributed by atoms with Crippen molar-refractivity contribution in [2.24, 2.45) is 5.41 Å². The Morgan fingerprint density at radius 3 is 2.82 bits per heavy atom. The average molecular weight is 233 g/mol. The molecule has 0 bridgehead atoms. The molecule has 0 spiro atoms. The third-order valence-electron chi connectivity index (χ3n) is 3.30. The second-order valence-corrected chi connectivity index (χ2v) is 4.90. The van der Waals surface area contributed by atoms with Crippen LogP contribution in [0.3, 0.4) is 0 Å². The van der Waals surface area contributed by atoms with Crippen LogP contribution in [0.25, 0.3) is 0 Å². The van der Waals surface area contributed by atoms with Crippen LogP contribution in [0.1, 0.15) is 25.3 Å². The summed E-state index contributed by atoms with van der Waals surface area (Å²) in [5.41, 5.74) is 0.681. The summed E-state index contributed by atoms with van der Waals surface area (Å²) in [5.74, 6) is -0.0893. The van der Waals surface area contributed by atoms with Crippen molar-refractivity contribution in [1.82, 2.24) is 5.32 Å². The molecular formula is C14H19NO2. The van der Waals surface area contributed by atoms with Gasteiger partial charge in [0.15, 0.2) is 0 Å².